The van der Waals surface area contributed by atoms with Crippen LogP contribution in [0.25, 0.3) is 0 Å². The highest BCUT2D eigenvalue weighted by Crippen LogP contribution is 2.24. The molecular formula is C10H10BrFOS. The van der Waals surface area contributed by atoms with Crippen LogP contribution in [-0.2, 0) is 4.79 Å². The third kappa shape index (κ3) is 2.58. The predicted octanol–water partition coefficient (Wildman–Crippen LogP) is 3.23. The number of carbonyl (C=O) groups excluding carboxylic acids is 1. The van der Waals surface area contributed by atoms with E-state index in [1.807, 2.05) is 6.26 Å². The molecule has 0 amide bonds. The maximum absolute atomic E-state index is 13.3. The highest BCUT2D eigenvalue weighted by molar-refractivity contribution is 9.09. The second-order valence-corrected chi connectivity index (χ2v) is 4.29. The zero-order chi connectivity index (χ0) is 10.6. The summed E-state index contributed by atoms with van der Waals surface area (Å²) < 4.78 is 13.3. The summed E-state index contributed by atoms with van der Waals surface area (Å²) in [6, 6.07) is 4.91. The molecule has 0 heterocycles. The second-order valence-electron chi connectivity index (χ2n) is 2.79. The number of halogens is 2. The molecule has 1 aromatic rings. The van der Waals surface area contributed by atoms with E-state index in [0.717, 1.165) is 6.29 Å². The standard InChI is InChI=1S/C10H10BrFOS/c1-14-10-3-2-7(4-9(10)12)8(5-11)6-13/h2-4,6,8H,5H2,1H3. The quantitative estimate of drug-likeness (QED) is 0.477. The number of benzene rings is 1. The van der Waals surface area contributed by atoms with Gasteiger partial charge in [-0.05, 0) is 24.0 Å². The van der Waals surface area contributed by atoms with Gasteiger partial charge >= 0.3 is 0 Å². The van der Waals surface area contributed by atoms with Crippen LogP contribution in [0.4, 0.5) is 4.39 Å². The Balaban J connectivity index is 3.01. The lowest BCUT2D eigenvalue weighted by atomic mass is 10.0. The summed E-state index contributed by atoms with van der Waals surface area (Å²) >= 11 is 4.57. The maximum atomic E-state index is 13.3. The van der Waals surface area contributed by atoms with E-state index in [1.165, 1.54) is 17.8 Å². The molecular weight excluding hydrogens is 267 g/mol. The molecule has 76 valence electrons. The number of hydrogen-bond acceptors (Lipinski definition) is 2. The Labute approximate surface area is 95.2 Å². The molecule has 0 saturated heterocycles. The molecule has 0 fully saturated rings. The van der Waals surface area contributed by atoms with Gasteiger partial charge in [-0.2, -0.15) is 0 Å². The molecule has 0 saturated carbocycles. The van der Waals surface area contributed by atoms with Crippen LogP contribution in [0.1, 0.15) is 11.5 Å². The summed E-state index contributed by atoms with van der Waals surface area (Å²) in [6.07, 6.45) is 2.64. The lowest BCUT2D eigenvalue weighted by Crippen LogP contribution is -2.02. The Morgan fingerprint density at radius 1 is 1.64 bits per heavy atom. The van der Waals surface area contributed by atoms with Gasteiger partial charge in [0, 0.05) is 16.1 Å². The Morgan fingerprint density at radius 2 is 2.36 bits per heavy atom. The van der Waals surface area contributed by atoms with E-state index in [0.29, 0.717) is 15.8 Å². The molecule has 0 aromatic heterocycles. The van der Waals surface area contributed by atoms with Crippen molar-refractivity contribution >= 4 is 34.0 Å². The van der Waals surface area contributed by atoms with Crippen molar-refractivity contribution in [3.05, 3.63) is 29.6 Å². The van der Waals surface area contributed by atoms with Crippen LogP contribution in [0.5, 0.6) is 0 Å². The zero-order valence-corrected chi connectivity index (χ0v) is 10.1. The molecule has 1 nitrogen and oxygen atoms in total. The first-order valence-electron chi connectivity index (χ1n) is 4.07. The van der Waals surface area contributed by atoms with E-state index >= 15 is 0 Å². The van der Waals surface area contributed by atoms with Crippen LogP contribution >= 0.6 is 27.7 Å². The predicted molar refractivity (Wildman–Crippen MR) is 60.8 cm³/mol. The molecule has 0 radical (unpaired) electrons. The van der Waals surface area contributed by atoms with Gasteiger partial charge < -0.3 is 4.79 Å². The molecule has 14 heavy (non-hydrogen) atoms. The van der Waals surface area contributed by atoms with E-state index in [4.69, 9.17) is 0 Å². The van der Waals surface area contributed by atoms with E-state index < -0.39 is 0 Å². The number of alkyl halides is 1. The summed E-state index contributed by atoms with van der Waals surface area (Å²) in [4.78, 5) is 11.2. The van der Waals surface area contributed by atoms with Gasteiger partial charge in [-0.3, -0.25) is 0 Å². The smallest absolute Gasteiger partial charge is 0.137 e. The summed E-state index contributed by atoms with van der Waals surface area (Å²) in [6.45, 7) is 0. The van der Waals surface area contributed by atoms with E-state index in [1.54, 1.807) is 12.1 Å². The largest absolute Gasteiger partial charge is 0.303 e. The molecule has 0 aliphatic carbocycles. The van der Waals surface area contributed by atoms with Crippen LogP contribution in [0, 0.1) is 5.82 Å². The van der Waals surface area contributed by atoms with Crippen LogP contribution in [0.15, 0.2) is 23.1 Å². The van der Waals surface area contributed by atoms with Crippen molar-refractivity contribution in [1.82, 2.24) is 0 Å². The fourth-order valence-electron chi connectivity index (χ4n) is 1.12. The molecule has 1 unspecified atom stereocenters. The first-order valence-corrected chi connectivity index (χ1v) is 6.42. The topological polar surface area (TPSA) is 17.1 Å². The first-order chi connectivity index (χ1) is 6.72. The molecule has 0 aliphatic heterocycles. The Morgan fingerprint density at radius 3 is 2.79 bits per heavy atom. The fraction of sp³-hybridized carbons (Fsp3) is 0.300. The van der Waals surface area contributed by atoms with Crippen LogP contribution in [0.2, 0.25) is 0 Å². The third-order valence-corrected chi connectivity index (χ3v) is 3.40. The van der Waals surface area contributed by atoms with Gasteiger partial charge in [-0.25, -0.2) is 4.39 Å². The molecule has 4 heteroatoms. The van der Waals surface area contributed by atoms with Crippen molar-refractivity contribution in [3.8, 4) is 0 Å². The minimum absolute atomic E-state index is 0.261. The van der Waals surface area contributed by atoms with Gasteiger partial charge in [0.15, 0.2) is 0 Å². The number of aldehydes is 1. The van der Waals surface area contributed by atoms with Crippen LogP contribution in [0.3, 0.4) is 0 Å². The summed E-state index contributed by atoms with van der Waals surface area (Å²) in [5, 5.41) is 0.522. The van der Waals surface area contributed by atoms with Gasteiger partial charge in [0.1, 0.15) is 12.1 Å². The molecule has 1 atom stereocenters. The normalized spacial score (nSPS) is 12.5. The fourth-order valence-corrected chi connectivity index (χ4v) is 2.10. The van der Waals surface area contributed by atoms with Gasteiger partial charge in [0.05, 0.1) is 0 Å². The van der Waals surface area contributed by atoms with Gasteiger partial charge in [-0.15, -0.1) is 11.8 Å². The Kier molecular flexibility index (Phi) is 4.62. The Bertz CT molecular complexity index is 330. The van der Waals surface area contributed by atoms with Gasteiger partial charge in [0.2, 0.25) is 0 Å². The van der Waals surface area contributed by atoms with Crippen molar-refractivity contribution in [2.75, 3.05) is 11.6 Å². The maximum Gasteiger partial charge on any atom is 0.137 e. The minimum atomic E-state index is -0.264. The molecule has 0 spiro atoms. The van der Waals surface area contributed by atoms with E-state index in [-0.39, 0.29) is 11.7 Å². The first kappa shape index (κ1) is 11.7. The third-order valence-electron chi connectivity index (χ3n) is 1.93. The number of thioether (sulfide) groups is 1. The molecule has 0 bridgehead atoms. The van der Waals surface area contributed by atoms with Crippen molar-refractivity contribution in [1.29, 1.82) is 0 Å². The lowest BCUT2D eigenvalue weighted by molar-refractivity contribution is -0.108. The van der Waals surface area contributed by atoms with Crippen molar-refractivity contribution in [2.45, 2.75) is 10.8 Å². The van der Waals surface area contributed by atoms with Crippen molar-refractivity contribution in [2.24, 2.45) is 0 Å². The number of rotatable bonds is 4. The number of carbonyl (C=O) groups is 1. The van der Waals surface area contributed by atoms with E-state index in [9.17, 15) is 9.18 Å². The minimum Gasteiger partial charge on any atom is -0.303 e. The number of hydrogen-bond donors (Lipinski definition) is 0. The van der Waals surface area contributed by atoms with Crippen molar-refractivity contribution < 1.29 is 9.18 Å². The summed E-state index contributed by atoms with van der Waals surface area (Å²) in [7, 11) is 0. The van der Waals surface area contributed by atoms with E-state index in [2.05, 4.69) is 15.9 Å². The highest BCUT2D eigenvalue weighted by atomic mass is 79.9. The molecule has 1 rings (SSSR count). The molecule has 0 aliphatic rings. The van der Waals surface area contributed by atoms with Gasteiger partial charge in [-0.1, -0.05) is 22.0 Å². The average molecular weight is 277 g/mol. The van der Waals surface area contributed by atoms with Crippen LogP contribution < -0.4 is 0 Å². The second kappa shape index (κ2) is 5.51. The summed E-state index contributed by atoms with van der Waals surface area (Å²) in [5.41, 5.74) is 0.715. The monoisotopic (exact) mass is 276 g/mol. The van der Waals surface area contributed by atoms with Gasteiger partial charge in [0.25, 0.3) is 0 Å². The van der Waals surface area contributed by atoms with Crippen LogP contribution in [-0.4, -0.2) is 17.9 Å². The highest BCUT2D eigenvalue weighted by Gasteiger charge is 2.11. The molecule has 1 aromatic carbocycles. The average Bonchev–Trinajstić information content (AvgIpc) is 2.20. The summed E-state index contributed by atoms with van der Waals surface area (Å²) in [5.74, 6) is -0.525. The SMILES string of the molecule is CSc1ccc(C(C=O)CBr)cc1F. The molecule has 0 N–H and O–H groups in total. The Hall–Kier alpha value is -0.350. The zero-order valence-electron chi connectivity index (χ0n) is 7.67. The van der Waals surface area contributed by atoms with Crippen molar-refractivity contribution in [3.63, 3.8) is 0 Å². The lowest BCUT2D eigenvalue weighted by Gasteiger charge is -2.08.